The van der Waals surface area contributed by atoms with Crippen LogP contribution in [0.5, 0.6) is 11.5 Å². The molecule has 0 amide bonds. The standard InChI is InChI=1S/C18H21N3O2/c1-2-4-14(5-3-1)18-15(11-20-21-18)10-19-9-13-6-7-16-17(8-13)23-12-22-16/h1-8,15,18-21H,9-12H2. The quantitative estimate of drug-likeness (QED) is 0.788. The van der Waals surface area contributed by atoms with Gasteiger partial charge in [-0.05, 0) is 23.3 Å². The summed E-state index contributed by atoms with van der Waals surface area (Å²) in [7, 11) is 0. The van der Waals surface area contributed by atoms with Crippen LogP contribution in [0, 0.1) is 5.92 Å². The molecule has 0 aromatic heterocycles. The van der Waals surface area contributed by atoms with Crippen molar-refractivity contribution in [1.82, 2.24) is 16.2 Å². The Bertz CT molecular complexity index is 663. The number of hydrogen-bond donors (Lipinski definition) is 3. The van der Waals surface area contributed by atoms with Crippen molar-refractivity contribution in [2.24, 2.45) is 5.92 Å². The van der Waals surface area contributed by atoms with Crippen LogP contribution in [0.15, 0.2) is 48.5 Å². The van der Waals surface area contributed by atoms with Crippen LogP contribution in [0.1, 0.15) is 17.2 Å². The molecule has 0 aliphatic carbocycles. The molecular formula is C18H21N3O2. The summed E-state index contributed by atoms with van der Waals surface area (Å²) in [6, 6.07) is 17.0. The van der Waals surface area contributed by atoms with E-state index in [2.05, 4.69) is 58.6 Å². The molecule has 4 rings (SSSR count). The van der Waals surface area contributed by atoms with Crippen molar-refractivity contribution in [2.45, 2.75) is 12.6 Å². The van der Waals surface area contributed by atoms with Crippen LogP contribution in [0.4, 0.5) is 0 Å². The fraction of sp³-hybridized carbons (Fsp3) is 0.333. The molecule has 5 nitrogen and oxygen atoms in total. The van der Waals surface area contributed by atoms with Crippen LogP contribution in [0.2, 0.25) is 0 Å². The lowest BCUT2D eigenvalue weighted by Crippen LogP contribution is -2.28. The highest BCUT2D eigenvalue weighted by Crippen LogP contribution is 2.32. The van der Waals surface area contributed by atoms with Gasteiger partial charge >= 0.3 is 0 Å². The first-order valence-corrected chi connectivity index (χ1v) is 8.03. The Hall–Kier alpha value is -2.08. The minimum Gasteiger partial charge on any atom is -0.454 e. The van der Waals surface area contributed by atoms with E-state index in [1.54, 1.807) is 0 Å². The van der Waals surface area contributed by atoms with Crippen molar-refractivity contribution in [3.63, 3.8) is 0 Å². The SMILES string of the molecule is c1ccc(C2NNCC2CNCc2ccc3c(c2)OCO3)cc1. The third-order valence-corrected chi connectivity index (χ3v) is 4.42. The number of nitrogens with one attached hydrogen (secondary N) is 3. The van der Waals surface area contributed by atoms with Gasteiger partial charge in [0.05, 0.1) is 6.04 Å². The average molecular weight is 311 g/mol. The number of hydrazine groups is 1. The van der Waals surface area contributed by atoms with Gasteiger partial charge in [-0.1, -0.05) is 36.4 Å². The zero-order valence-corrected chi connectivity index (χ0v) is 12.9. The summed E-state index contributed by atoms with van der Waals surface area (Å²) in [6.07, 6.45) is 0. The second-order valence-electron chi connectivity index (χ2n) is 5.99. The molecule has 2 aliphatic heterocycles. The Balaban J connectivity index is 1.34. The second-order valence-corrected chi connectivity index (χ2v) is 5.99. The predicted molar refractivity (Wildman–Crippen MR) is 88.1 cm³/mol. The van der Waals surface area contributed by atoms with E-state index in [4.69, 9.17) is 9.47 Å². The lowest BCUT2D eigenvalue weighted by molar-refractivity contribution is 0.174. The van der Waals surface area contributed by atoms with Crippen molar-refractivity contribution >= 4 is 0 Å². The minimum atomic E-state index is 0.324. The molecule has 2 aromatic carbocycles. The zero-order chi connectivity index (χ0) is 15.5. The van der Waals surface area contributed by atoms with Gasteiger partial charge in [0.25, 0.3) is 0 Å². The van der Waals surface area contributed by atoms with Crippen molar-refractivity contribution in [3.05, 3.63) is 59.7 Å². The Morgan fingerprint density at radius 2 is 1.91 bits per heavy atom. The van der Waals surface area contributed by atoms with E-state index < -0.39 is 0 Å². The molecule has 1 fully saturated rings. The third-order valence-electron chi connectivity index (χ3n) is 4.42. The summed E-state index contributed by atoms with van der Waals surface area (Å²) in [5, 5.41) is 3.56. The maximum absolute atomic E-state index is 5.42. The molecule has 2 aliphatic rings. The van der Waals surface area contributed by atoms with Crippen molar-refractivity contribution in [1.29, 1.82) is 0 Å². The van der Waals surface area contributed by atoms with E-state index in [0.29, 0.717) is 18.8 Å². The Morgan fingerprint density at radius 1 is 1.04 bits per heavy atom. The molecule has 0 saturated carbocycles. The van der Waals surface area contributed by atoms with Gasteiger partial charge in [0.2, 0.25) is 6.79 Å². The maximum Gasteiger partial charge on any atom is 0.231 e. The van der Waals surface area contributed by atoms with Crippen molar-refractivity contribution in [3.8, 4) is 11.5 Å². The molecule has 2 atom stereocenters. The van der Waals surface area contributed by atoms with E-state index in [1.165, 1.54) is 11.1 Å². The number of hydrogen-bond acceptors (Lipinski definition) is 5. The van der Waals surface area contributed by atoms with E-state index in [-0.39, 0.29) is 0 Å². The van der Waals surface area contributed by atoms with Gasteiger partial charge in [-0.15, -0.1) is 0 Å². The topological polar surface area (TPSA) is 54.5 Å². The Kier molecular flexibility index (Phi) is 4.15. The molecular weight excluding hydrogens is 290 g/mol. The van der Waals surface area contributed by atoms with Gasteiger partial charge in [-0.25, -0.2) is 5.43 Å². The molecule has 120 valence electrons. The Morgan fingerprint density at radius 3 is 2.83 bits per heavy atom. The Labute approximate surface area is 136 Å². The fourth-order valence-electron chi connectivity index (χ4n) is 3.19. The first kappa shape index (κ1) is 14.5. The smallest absolute Gasteiger partial charge is 0.231 e. The monoisotopic (exact) mass is 311 g/mol. The van der Waals surface area contributed by atoms with Gasteiger partial charge < -0.3 is 14.8 Å². The summed E-state index contributed by atoms with van der Waals surface area (Å²) >= 11 is 0. The zero-order valence-electron chi connectivity index (χ0n) is 12.9. The van der Waals surface area contributed by atoms with Crippen LogP contribution < -0.4 is 25.6 Å². The normalized spacial score (nSPS) is 22.4. The largest absolute Gasteiger partial charge is 0.454 e. The van der Waals surface area contributed by atoms with Crippen LogP contribution in [-0.2, 0) is 6.54 Å². The highest BCUT2D eigenvalue weighted by Gasteiger charge is 2.27. The van der Waals surface area contributed by atoms with Crippen molar-refractivity contribution in [2.75, 3.05) is 19.9 Å². The first-order chi connectivity index (χ1) is 11.4. The molecule has 1 saturated heterocycles. The molecule has 3 N–H and O–H groups in total. The minimum absolute atomic E-state index is 0.324. The number of rotatable bonds is 5. The highest BCUT2D eigenvalue weighted by atomic mass is 16.7. The maximum atomic E-state index is 5.42. The van der Waals surface area contributed by atoms with Gasteiger partial charge in [-0.3, -0.25) is 5.43 Å². The van der Waals surface area contributed by atoms with Crippen LogP contribution in [0.25, 0.3) is 0 Å². The van der Waals surface area contributed by atoms with Crippen LogP contribution >= 0.6 is 0 Å². The molecule has 2 aromatic rings. The molecule has 0 spiro atoms. The van der Waals surface area contributed by atoms with Crippen molar-refractivity contribution < 1.29 is 9.47 Å². The summed E-state index contributed by atoms with van der Waals surface area (Å²) in [5.41, 5.74) is 9.19. The first-order valence-electron chi connectivity index (χ1n) is 8.03. The molecule has 0 radical (unpaired) electrons. The van der Waals surface area contributed by atoms with Crippen LogP contribution in [0.3, 0.4) is 0 Å². The van der Waals surface area contributed by atoms with E-state index >= 15 is 0 Å². The van der Waals surface area contributed by atoms with E-state index in [0.717, 1.165) is 31.1 Å². The molecule has 5 heteroatoms. The average Bonchev–Trinajstić information content (AvgIpc) is 3.24. The van der Waals surface area contributed by atoms with Gasteiger partial charge in [-0.2, -0.15) is 0 Å². The fourth-order valence-corrected chi connectivity index (χ4v) is 3.19. The predicted octanol–water partition coefficient (Wildman–Crippen LogP) is 1.97. The highest BCUT2D eigenvalue weighted by molar-refractivity contribution is 5.44. The lowest BCUT2D eigenvalue weighted by Gasteiger charge is -2.19. The van der Waals surface area contributed by atoms with Gasteiger partial charge in [0.15, 0.2) is 11.5 Å². The molecule has 0 bridgehead atoms. The lowest BCUT2D eigenvalue weighted by atomic mass is 9.95. The number of ether oxygens (including phenoxy) is 2. The van der Waals surface area contributed by atoms with E-state index in [1.807, 2.05) is 6.07 Å². The summed E-state index contributed by atoms with van der Waals surface area (Å²) in [4.78, 5) is 0. The van der Waals surface area contributed by atoms with Gasteiger partial charge in [0, 0.05) is 25.6 Å². The summed E-state index contributed by atoms with van der Waals surface area (Å²) in [5.74, 6) is 2.20. The number of fused-ring (bicyclic) bond motifs is 1. The van der Waals surface area contributed by atoms with Crippen LogP contribution in [-0.4, -0.2) is 19.9 Å². The molecule has 23 heavy (non-hydrogen) atoms. The molecule has 2 unspecified atom stereocenters. The van der Waals surface area contributed by atoms with E-state index in [9.17, 15) is 0 Å². The molecule has 2 heterocycles. The second kappa shape index (κ2) is 6.58. The third kappa shape index (κ3) is 3.17. The van der Waals surface area contributed by atoms with Gasteiger partial charge in [0.1, 0.15) is 0 Å². The summed E-state index contributed by atoms with van der Waals surface area (Å²) < 4.78 is 10.8. The summed E-state index contributed by atoms with van der Waals surface area (Å²) in [6.45, 7) is 3.07. The number of benzene rings is 2.